The highest BCUT2D eigenvalue weighted by atomic mass is 35.5. The van der Waals surface area contributed by atoms with Crippen LogP contribution in [-0.4, -0.2) is 32.9 Å². The molecule has 2 aromatic carbocycles. The lowest BCUT2D eigenvalue weighted by Gasteiger charge is -2.29. The minimum Gasteiger partial charge on any atom is -0.489 e. The summed E-state index contributed by atoms with van der Waals surface area (Å²) in [7, 11) is 0. The van der Waals surface area contributed by atoms with Gasteiger partial charge in [0.1, 0.15) is 18.1 Å². The Hall–Kier alpha value is -3.52. The molecule has 0 saturated heterocycles. The number of rotatable bonds is 7. The second-order valence-electron chi connectivity index (χ2n) is 8.45. The Balaban J connectivity index is 1.41. The SMILES string of the molecule is Cc1cc(OCc2ccccc2)ccc1NC(=O)c1c(Cl)cnn1C1CCC(NC(=O)O)CC1. The van der Waals surface area contributed by atoms with E-state index in [0.717, 1.165) is 11.1 Å². The van der Waals surface area contributed by atoms with Crippen LogP contribution in [0.15, 0.2) is 54.7 Å². The maximum Gasteiger partial charge on any atom is 0.404 e. The number of nitrogens with one attached hydrogen (secondary N) is 2. The van der Waals surface area contributed by atoms with Crippen LogP contribution >= 0.6 is 11.6 Å². The summed E-state index contributed by atoms with van der Waals surface area (Å²) >= 11 is 6.33. The van der Waals surface area contributed by atoms with Gasteiger partial charge in [-0.2, -0.15) is 5.10 Å². The van der Waals surface area contributed by atoms with Crippen molar-refractivity contribution >= 4 is 29.3 Å². The Labute approximate surface area is 202 Å². The average Bonchev–Trinajstić information content (AvgIpc) is 3.21. The third-order valence-corrected chi connectivity index (χ3v) is 6.31. The first-order valence-electron chi connectivity index (χ1n) is 11.2. The highest BCUT2D eigenvalue weighted by molar-refractivity contribution is 6.34. The molecule has 1 saturated carbocycles. The molecule has 9 heteroatoms. The first-order valence-corrected chi connectivity index (χ1v) is 11.6. The molecule has 0 unspecified atom stereocenters. The molecule has 0 bridgehead atoms. The Bertz CT molecular complexity index is 1160. The highest BCUT2D eigenvalue weighted by Gasteiger charge is 2.28. The van der Waals surface area contributed by atoms with E-state index in [9.17, 15) is 9.59 Å². The molecule has 1 heterocycles. The van der Waals surface area contributed by atoms with Crippen molar-refractivity contribution in [1.29, 1.82) is 0 Å². The first-order chi connectivity index (χ1) is 16.4. The first kappa shape index (κ1) is 23.6. The van der Waals surface area contributed by atoms with Gasteiger partial charge in [0.25, 0.3) is 5.91 Å². The topological polar surface area (TPSA) is 105 Å². The van der Waals surface area contributed by atoms with Crippen LogP contribution in [0.2, 0.25) is 5.02 Å². The fraction of sp³-hybridized carbons (Fsp3) is 0.320. The molecule has 1 fully saturated rings. The fourth-order valence-electron chi connectivity index (χ4n) is 4.26. The number of halogens is 1. The monoisotopic (exact) mass is 482 g/mol. The molecular weight excluding hydrogens is 456 g/mol. The molecule has 0 aliphatic heterocycles. The number of carbonyl (C=O) groups excluding carboxylic acids is 1. The van der Waals surface area contributed by atoms with E-state index >= 15 is 0 Å². The predicted molar refractivity (Wildman–Crippen MR) is 130 cm³/mol. The number of aromatic nitrogens is 2. The number of hydrogen-bond acceptors (Lipinski definition) is 4. The van der Waals surface area contributed by atoms with Crippen molar-refractivity contribution in [2.75, 3.05) is 5.32 Å². The molecule has 1 aliphatic carbocycles. The Kier molecular flexibility index (Phi) is 7.37. The molecule has 4 rings (SSSR count). The fourth-order valence-corrected chi connectivity index (χ4v) is 4.47. The zero-order valence-electron chi connectivity index (χ0n) is 18.8. The Morgan fingerprint density at radius 2 is 1.88 bits per heavy atom. The van der Waals surface area contributed by atoms with E-state index in [2.05, 4.69) is 15.7 Å². The minimum atomic E-state index is -1.02. The second-order valence-corrected chi connectivity index (χ2v) is 8.85. The smallest absolute Gasteiger partial charge is 0.404 e. The van der Waals surface area contributed by atoms with Crippen molar-refractivity contribution in [3.63, 3.8) is 0 Å². The van der Waals surface area contributed by atoms with Crippen LogP contribution < -0.4 is 15.4 Å². The summed E-state index contributed by atoms with van der Waals surface area (Å²) in [5.41, 5.74) is 2.91. The molecule has 0 atom stereocenters. The van der Waals surface area contributed by atoms with Gasteiger partial charge in [0.05, 0.1) is 17.3 Å². The number of aryl methyl sites for hydroxylation is 1. The second kappa shape index (κ2) is 10.6. The molecule has 0 radical (unpaired) electrons. The van der Waals surface area contributed by atoms with E-state index in [1.807, 2.05) is 55.5 Å². The van der Waals surface area contributed by atoms with E-state index in [0.29, 0.717) is 49.4 Å². The molecule has 3 aromatic rings. The number of nitrogens with zero attached hydrogens (tertiary/aromatic N) is 2. The van der Waals surface area contributed by atoms with E-state index < -0.39 is 6.09 Å². The minimum absolute atomic E-state index is 0.0186. The molecular formula is C25H27ClN4O4. The van der Waals surface area contributed by atoms with E-state index in [1.165, 1.54) is 6.20 Å². The van der Waals surface area contributed by atoms with Crippen molar-refractivity contribution in [3.05, 3.63) is 76.6 Å². The third kappa shape index (κ3) is 5.69. The van der Waals surface area contributed by atoms with Crippen LogP contribution in [0.1, 0.15) is 53.3 Å². The number of carboxylic acid groups (broad SMARTS) is 1. The van der Waals surface area contributed by atoms with Crippen LogP contribution in [0.3, 0.4) is 0 Å². The normalized spacial score (nSPS) is 17.7. The molecule has 8 nitrogen and oxygen atoms in total. The lowest BCUT2D eigenvalue weighted by Crippen LogP contribution is -2.37. The molecule has 2 amide bonds. The standard InChI is InChI=1S/C25H27ClN4O4/c1-16-13-20(34-15-17-5-3-2-4-6-17)11-12-22(16)29-24(31)23-21(26)14-27-30(23)19-9-7-18(8-10-19)28-25(32)33/h2-6,11-14,18-19,28H,7-10,15H2,1H3,(H,29,31)(H,32,33). The molecule has 178 valence electrons. The number of ether oxygens (including phenoxy) is 1. The van der Waals surface area contributed by atoms with Gasteiger partial charge in [-0.05, 0) is 61.9 Å². The van der Waals surface area contributed by atoms with Gasteiger partial charge in [-0.15, -0.1) is 0 Å². The molecule has 3 N–H and O–H groups in total. The summed E-state index contributed by atoms with van der Waals surface area (Å²) < 4.78 is 7.53. The Morgan fingerprint density at radius 1 is 1.15 bits per heavy atom. The maximum absolute atomic E-state index is 13.1. The summed E-state index contributed by atoms with van der Waals surface area (Å²) in [6, 6.07) is 15.3. The van der Waals surface area contributed by atoms with Gasteiger partial charge in [-0.1, -0.05) is 41.9 Å². The molecule has 34 heavy (non-hydrogen) atoms. The zero-order valence-corrected chi connectivity index (χ0v) is 19.6. The van der Waals surface area contributed by atoms with Crippen molar-refractivity contribution in [2.45, 2.75) is 51.3 Å². The molecule has 1 aliphatic rings. The largest absolute Gasteiger partial charge is 0.489 e. The number of carbonyl (C=O) groups is 2. The van der Waals surface area contributed by atoms with Crippen LogP contribution in [-0.2, 0) is 6.61 Å². The average molecular weight is 483 g/mol. The van der Waals surface area contributed by atoms with E-state index in [1.54, 1.807) is 4.68 Å². The Morgan fingerprint density at radius 3 is 2.56 bits per heavy atom. The summed E-state index contributed by atoms with van der Waals surface area (Å²) in [6.07, 6.45) is 3.23. The van der Waals surface area contributed by atoms with Gasteiger partial charge in [0.2, 0.25) is 0 Å². The molecule has 0 spiro atoms. The zero-order chi connectivity index (χ0) is 24.1. The lowest BCUT2D eigenvalue weighted by molar-refractivity contribution is 0.101. The lowest BCUT2D eigenvalue weighted by atomic mass is 9.91. The van der Waals surface area contributed by atoms with Gasteiger partial charge in [-0.3, -0.25) is 9.48 Å². The summed E-state index contributed by atoms with van der Waals surface area (Å²) in [6.45, 7) is 2.37. The van der Waals surface area contributed by atoms with E-state index in [-0.39, 0.29) is 23.0 Å². The van der Waals surface area contributed by atoms with Crippen LogP contribution in [0.25, 0.3) is 0 Å². The van der Waals surface area contributed by atoms with Gasteiger partial charge in [-0.25, -0.2) is 4.79 Å². The van der Waals surface area contributed by atoms with Crippen molar-refractivity contribution in [3.8, 4) is 5.75 Å². The number of hydrogen-bond donors (Lipinski definition) is 3. The van der Waals surface area contributed by atoms with Gasteiger partial charge in [0.15, 0.2) is 0 Å². The van der Waals surface area contributed by atoms with Gasteiger partial charge in [0, 0.05) is 11.7 Å². The van der Waals surface area contributed by atoms with E-state index in [4.69, 9.17) is 21.4 Å². The number of benzene rings is 2. The maximum atomic E-state index is 13.1. The van der Waals surface area contributed by atoms with Gasteiger partial charge < -0.3 is 20.5 Å². The highest BCUT2D eigenvalue weighted by Crippen LogP contribution is 2.32. The van der Waals surface area contributed by atoms with Crippen molar-refractivity contribution in [1.82, 2.24) is 15.1 Å². The summed E-state index contributed by atoms with van der Waals surface area (Å²) in [5, 5.41) is 19.0. The summed E-state index contributed by atoms with van der Waals surface area (Å²) in [5.74, 6) is 0.378. The quantitative estimate of drug-likeness (QED) is 0.416. The van der Waals surface area contributed by atoms with Gasteiger partial charge >= 0.3 is 6.09 Å². The summed E-state index contributed by atoms with van der Waals surface area (Å²) in [4.78, 5) is 24.0. The molecule has 1 aromatic heterocycles. The van der Waals surface area contributed by atoms with Crippen molar-refractivity contribution in [2.24, 2.45) is 0 Å². The van der Waals surface area contributed by atoms with Crippen molar-refractivity contribution < 1.29 is 19.4 Å². The third-order valence-electron chi connectivity index (χ3n) is 6.03. The van der Waals surface area contributed by atoms with Crippen LogP contribution in [0, 0.1) is 6.92 Å². The number of anilines is 1. The predicted octanol–water partition coefficient (Wildman–Crippen LogP) is 5.43. The van der Waals surface area contributed by atoms with Crippen LogP contribution in [0.5, 0.6) is 5.75 Å². The number of amides is 2. The van der Waals surface area contributed by atoms with Crippen LogP contribution in [0.4, 0.5) is 10.5 Å².